The van der Waals surface area contributed by atoms with Gasteiger partial charge in [-0.3, -0.25) is 0 Å². The molecule has 1 fully saturated rings. The Morgan fingerprint density at radius 1 is 0.960 bits per heavy atom. The van der Waals surface area contributed by atoms with Crippen LogP contribution in [0.3, 0.4) is 0 Å². The molecule has 0 bridgehead atoms. The van der Waals surface area contributed by atoms with Gasteiger partial charge in [-0.2, -0.15) is 0 Å². The Bertz CT molecular complexity index is 264. The molecule has 0 aromatic carbocycles. The van der Waals surface area contributed by atoms with E-state index >= 15 is 0 Å². The van der Waals surface area contributed by atoms with Crippen LogP contribution in [-0.4, -0.2) is 18.0 Å². The maximum atomic E-state index is 2.46. The monoisotopic (exact) mass is 463 g/mol. The van der Waals surface area contributed by atoms with Gasteiger partial charge in [-0.05, 0) is 54.8 Å². The van der Waals surface area contributed by atoms with Crippen molar-refractivity contribution in [1.29, 1.82) is 0 Å². The fraction of sp³-hybridized carbons (Fsp3) is 1.00. The third-order valence-electron chi connectivity index (χ3n) is 5.74. The minimum Gasteiger partial charge on any atom is -1.00 e. The zero-order valence-corrected chi connectivity index (χ0v) is 22.6. The molecule has 5 heteroatoms. The van der Waals surface area contributed by atoms with E-state index in [2.05, 4.69) is 61.5 Å². The second-order valence-corrected chi connectivity index (χ2v) is 12.2. The van der Waals surface area contributed by atoms with Crippen molar-refractivity contribution in [2.75, 3.05) is 12.3 Å². The maximum absolute atomic E-state index is 2.46. The summed E-state index contributed by atoms with van der Waals surface area (Å²) in [5, 5.41) is 0. The predicted octanol–water partition coefficient (Wildman–Crippen LogP) is 1.64. The van der Waals surface area contributed by atoms with Gasteiger partial charge in [0, 0.05) is 0 Å². The molecule has 1 saturated carbocycles. The molecule has 3 unspecified atom stereocenters. The normalized spacial score (nSPS) is 19.8. The Hall–Kier alpha value is 2.15. The van der Waals surface area contributed by atoms with Crippen molar-refractivity contribution in [2.45, 2.75) is 98.6 Å². The minimum absolute atomic E-state index is 0. The molecule has 1 aliphatic carbocycles. The van der Waals surface area contributed by atoms with Crippen molar-refractivity contribution < 1.29 is 44.7 Å². The summed E-state index contributed by atoms with van der Waals surface area (Å²) in [5.41, 5.74) is 1.71. The molecular weight excluding hydrogens is 421 g/mol. The van der Waals surface area contributed by atoms with Crippen LogP contribution in [0.2, 0.25) is 0 Å². The first-order valence-electron chi connectivity index (χ1n) is 10.1. The molecule has 1 rings (SSSR count). The molecule has 0 aromatic rings. The maximum Gasteiger partial charge on any atom is -1.00 e. The third kappa shape index (κ3) is 13.1. The average molecular weight is 464 g/mol. The van der Waals surface area contributed by atoms with Gasteiger partial charge < -0.3 is 24.8 Å². The standard InChI is InChI=1S/C16H33P.C4H10P.2ClH.Ti/c1-6-7-11-17-15-9-8-10-16(12-15,13(2)3)14(4)5;1-2-3-4-5;;;/h13-15,17H,6-12H2,1-5H3;5H,2-4H2,1H3;2*1H;/q;-1;;;+3/p-2. The summed E-state index contributed by atoms with van der Waals surface area (Å²) in [6.07, 6.45) is 14.6. The van der Waals surface area contributed by atoms with Crippen LogP contribution in [0, 0.1) is 17.3 Å². The van der Waals surface area contributed by atoms with Crippen molar-refractivity contribution in [3.63, 3.8) is 0 Å². The van der Waals surface area contributed by atoms with Crippen molar-refractivity contribution in [2.24, 2.45) is 17.3 Å². The zero-order valence-electron chi connectivity index (χ0n) is 17.6. The summed E-state index contributed by atoms with van der Waals surface area (Å²) in [5.74, 6) is 1.72. The van der Waals surface area contributed by atoms with Gasteiger partial charge in [0.25, 0.3) is 0 Å². The molecule has 0 aromatic heterocycles. The second kappa shape index (κ2) is 19.5. The largest absolute Gasteiger partial charge is 1.00 e. The summed E-state index contributed by atoms with van der Waals surface area (Å²) >= 11 is 2.26. The van der Waals surface area contributed by atoms with E-state index in [0.717, 1.165) is 24.1 Å². The van der Waals surface area contributed by atoms with Crippen molar-refractivity contribution in [1.82, 2.24) is 0 Å². The summed E-state index contributed by atoms with van der Waals surface area (Å²) in [4.78, 5) is 0. The number of rotatable bonds is 9. The zero-order chi connectivity index (χ0) is 17.7. The second-order valence-electron chi connectivity index (χ2n) is 7.92. The van der Waals surface area contributed by atoms with Crippen LogP contribution < -0.4 is 24.8 Å². The van der Waals surface area contributed by atoms with E-state index in [0.29, 0.717) is 5.41 Å². The first-order chi connectivity index (χ1) is 10.9. The number of halogens is 2. The van der Waals surface area contributed by atoms with E-state index in [4.69, 9.17) is 0 Å². The summed E-state index contributed by atoms with van der Waals surface area (Å²) in [6.45, 7) is 15.5. The smallest absolute Gasteiger partial charge is 1.00 e. The Morgan fingerprint density at radius 2 is 1.48 bits per heavy atom. The van der Waals surface area contributed by atoms with Gasteiger partial charge >= 0.3 is 52.4 Å². The Morgan fingerprint density at radius 3 is 1.88 bits per heavy atom. The fourth-order valence-corrected chi connectivity index (χ4v) is 7.24. The molecular formula is C20H43Cl2P2Ti. The summed E-state index contributed by atoms with van der Waals surface area (Å²) < 4.78 is 0. The molecule has 3 atom stereocenters. The molecule has 0 spiro atoms. The molecule has 151 valence electrons. The Kier molecular flexibility index (Phi) is 24.8. The topological polar surface area (TPSA) is 0 Å². The van der Waals surface area contributed by atoms with E-state index in [1.165, 1.54) is 72.3 Å². The van der Waals surface area contributed by atoms with Gasteiger partial charge in [-0.25, -0.2) is 0 Å². The average Bonchev–Trinajstić information content (AvgIpc) is 2.53. The molecule has 25 heavy (non-hydrogen) atoms. The summed E-state index contributed by atoms with van der Waals surface area (Å²) in [6, 6.07) is 0. The molecule has 0 aliphatic heterocycles. The SMILES string of the molecule is CCCCPC1CCCC(C(C)C)(C(C)C)C1.CCCC[PH][Ti+2].[Cl-].[Cl-]. The van der Waals surface area contributed by atoms with E-state index < -0.39 is 0 Å². The van der Waals surface area contributed by atoms with Crippen LogP contribution in [0.5, 0.6) is 0 Å². The van der Waals surface area contributed by atoms with Gasteiger partial charge in [0.05, 0.1) is 0 Å². The number of hydrogen-bond donors (Lipinski definition) is 0. The van der Waals surface area contributed by atoms with E-state index in [1.807, 2.05) is 0 Å². The van der Waals surface area contributed by atoms with Gasteiger partial charge in [-0.1, -0.05) is 47.5 Å². The molecule has 0 nitrogen and oxygen atoms in total. The number of hydrogen-bond acceptors (Lipinski definition) is 0. The van der Waals surface area contributed by atoms with Crippen molar-refractivity contribution >= 4 is 15.2 Å². The fourth-order valence-electron chi connectivity index (χ4n) is 3.98. The van der Waals surface area contributed by atoms with Gasteiger partial charge in [0.15, 0.2) is 0 Å². The quantitative estimate of drug-likeness (QED) is 0.277. The van der Waals surface area contributed by atoms with Gasteiger partial charge in [-0.15, -0.1) is 8.58 Å². The molecule has 0 N–H and O–H groups in total. The van der Waals surface area contributed by atoms with E-state index in [-0.39, 0.29) is 24.8 Å². The van der Waals surface area contributed by atoms with Crippen LogP contribution in [0.15, 0.2) is 0 Å². The van der Waals surface area contributed by atoms with Gasteiger partial charge in [0.1, 0.15) is 0 Å². The van der Waals surface area contributed by atoms with E-state index in [1.54, 1.807) is 0 Å². The van der Waals surface area contributed by atoms with Crippen LogP contribution in [0.1, 0.15) is 92.9 Å². The van der Waals surface area contributed by atoms with Crippen LogP contribution in [0.25, 0.3) is 0 Å². The third-order valence-corrected chi connectivity index (χ3v) is 9.23. The molecule has 0 radical (unpaired) electrons. The molecule has 1 aliphatic rings. The van der Waals surface area contributed by atoms with Crippen LogP contribution in [-0.2, 0) is 19.9 Å². The van der Waals surface area contributed by atoms with E-state index in [9.17, 15) is 0 Å². The molecule has 0 amide bonds. The first-order valence-corrected chi connectivity index (χ1v) is 14.9. The first kappa shape index (κ1) is 31.8. The van der Waals surface area contributed by atoms with Gasteiger partial charge in [0.2, 0.25) is 0 Å². The minimum atomic E-state index is 0. The van der Waals surface area contributed by atoms with Crippen molar-refractivity contribution in [3.05, 3.63) is 0 Å². The van der Waals surface area contributed by atoms with Crippen LogP contribution in [0.4, 0.5) is 0 Å². The Balaban J connectivity index is -0.000000525. The summed E-state index contributed by atoms with van der Waals surface area (Å²) in [7, 11) is 1.24. The molecule has 0 saturated heterocycles. The van der Waals surface area contributed by atoms with Crippen LogP contribution >= 0.6 is 15.2 Å². The molecule has 0 heterocycles. The van der Waals surface area contributed by atoms with Crippen molar-refractivity contribution in [3.8, 4) is 0 Å². The predicted molar refractivity (Wildman–Crippen MR) is 111 cm³/mol. The Labute approximate surface area is 187 Å². The number of unbranched alkanes of at least 4 members (excludes halogenated alkanes) is 2.